The van der Waals surface area contributed by atoms with Gasteiger partial charge in [-0.3, -0.25) is 4.79 Å². The molecule has 0 radical (unpaired) electrons. The summed E-state index contributed by atoms with van der Waals surface area (Å²) >= 11 is 26.4. The van der Waals surface area contributed by atoms with Crippen LogP contribution in [-0.4, -0.2) is 26.6 Å². The van der Waals surface area contributed by atoms with Crippen molar-refractivity contribution < 1.29 is 4.79 Å². The fourth-order valence-corrected chi connectivity index (χ4v) is 1.15. The Morgan fingerprint density at radius 3 is 1.64 bits per heavy atom. The van der Waals surface area contributed by atoms with Crippen LogP contribution >= 0.6 is 58.0 Å². The van der Waals surface area contributed by atoms with E-state index in [4.69, 9.17) is 58.0 Å². The SMILES string of the molecule is O=C(N(CCl)CCl)C(Cl)(Cl)Cl. The summed E-state index contributed by atoms with van der Waals surface area (Å²) in [5.41, 5.74) is 0. The number of alkyl halides is 5. The number of nitrogens with zero attached hydrogens (tertiary/aromatic N) is 1. The highest BCUT2D eigenvalue weighted by Crippen LogP contribution is 2.28. The zero-order valence-electron chi connectivity index (χ0n) is 5.16. The molecule has 0 aromatic heterocycles. The van der Waals surface area contributed by atoms with E-state index in [-0.39, 0.29) is 12.0 Å². The van der Waals surface area contributed by atoms with Gasteiger partial charge in [0.2, 0.25) is 0 Å². The van der Waals surface area contributed by atoms with E-state index in [0.29, 0.717) is 0 Å². The molecular weight excluding hydrogens is 255 g/mol. The molecule has 0 bridgehead atoms. The van der Waals surface area contributed by atoms with Gasteiger partial charge in [-0.1, -0.05) is 34.8 Å². The molecule has 0 saturated heterocycles. The van der Waals surface area contributed by atoms with Gasteiger partial charge < -0.3 is 4.90 Å². The van der Waals surface area contributed by atoms with E-state index in [1.165, 1.54) is 0 Å². The first kappa shape index (κ1) is 11.9. The third kappa shape index (κ3) is 3.90. The number of hydrogen-bond donors (Lipinski definition) is 0. The van der Waals surface area contributed by atoms with Crippen molar-refractivity contribution in [2.45, 2.75) is 3.79 Å². The van der Waals surface area contributed by atoms with Gasteiger partial charge in [0.1, 0.15) is 0 Å². The lowest BCUT2D eigenvalue weighted by molar-refractivity contribution is -0.128. The lowest BCUT2D eigenvalue weighted by Gasteiger charge is -2.20. The largest absolute Gasteiger partial charge is 0.311 e. The van der Waals surface area contributed by atoms with Gasteiger partial charge in [0, 0.05) is 0 Å². The van der Waals surface area contributed by atoms with Crippen LogP contribution in [0.1, 0.15) is 0 Å². The Morgan fingerprint density at radius 1 is 1.18 bits per heavy atom. The average molecular weight is 259 g/mol. The summed E-state index contributed by atoms with van der Waals surface area (Å²) in [5.74, 6) is -0.729. The van der Waals surface area contributed by atoms with Crippen molar-refractivity contribution in [2.24, 2.45) is 0 Å². The minimum Gasteiger partial charge on any atom is -0.311 e. The number of hydrogen-bond acceptors (Lipinski definition) is 1. The summed E-state index contributed by atoms with van der Waals surface area (Å²) in [5, 5.41) is 0. The zero-order chi connectivity index (χ0) is 9.07. The van der Waals surface area contributed by atoms with E-state index < -0.39 is 9.70 Å². The van der Waals surface area contributed by atoms with E-state index in [9.17, 15) is 4.79 Å². The fourth-order valence-electron chi connectivity index (χ4n) is 0.320. The first-order valence-electron chi connectivity index (χ1n) is 2.41. The standard InChI is InChI=1S/C4H4Cl5NO/c5-1-10(2-6)3(11)4(7,8)9/h1-2H2. The Kier molecular flexibility index (Phi) is 5.23. The molecule has 1 amide bonds. The van der Waals surface area contributed by atoms with E-state index >= 15 is 0 Å². The summed E-state index contributed by atoms with van der Waals surface area (Å²) in [4.78, 5) is 12.0. The predicted octanol–water partition coefficient (Wildman–Crippen LogP) is 2.58. The van der Waals surface area contributed by atoms with Gasteiger partial charge >= 0.3 is 0 Å². The quantitative estimate of drug-likeness (QED) is 0.551. The van der Waals surface area contributed by atoms with Crippen LogP contribution in [0.4, 0.5) is 0 Å². The maximum Gasteiger partial charge on any atom is 0.276 e. The molecular formula is C4H4Cl5NO. The molecule has 2 nitrogen and oxygen atoms in total. The van der Waals surface area contributed by atoms with Crippen LogP contribution in [-0.2, 0) is 4.79 Å². The molecule has 7 heteroatoms. The lowest BCUT2D eigenvalue weighted by Crippen LogP contribution is -2.37. The van der Waals surface area contributed by atoms with Gasteiger partial charge in [0.15, 0.2) is 0 Å². The minimum absolute atomic E-state index is 0.101. The van der Waals surface area contributed by atoms with Gasteiger partial charge in [-0.2, -0.15) is 0 Å². The Bertz CT molecular complexity index is 140. The van der Waals surface area contributed by atoms with Crippen molar-refractivity contribution in [2.75, 3.05) is 12.0 Å². The monoisotopic (exact) mass is 257 g/mol. The Morgan fingerprint density at radius 2 is 1.55 bits per heavy atom. The highest BCUT2D eigenvalue weighted by Gasteiger charge is 2.34. The smallest absolute Gasteiger partial charge is 0.276 e. The van der Waals surface area contributed by atoms with Crippen molar-refractivity contribution in [3.05, 3.63) is 0 Å². The second kappa shape index (κ2) is 4.83. The second-order valence-corrected chi connectivity index (χ2v) is 4.34. The Hall–Kier alpha value is 0.920. The summed E-state index contributed by atoms with van der Waals surface area (Å²) in [7, 11) is 0. The predicted molar refractivity (Wildman–Crippen MR) is 48.6 cm³/mol. The van der Waals surface area contributed by atoms with Crippen LogP contribution < -0.4 is 0 Å². The molecule has 0 rings (SSSR count). The van der Waals surface area contributed by atoms with Crippen LogP contribution in [0.25, 0.3) is 0 Å². The fraction of sp³-hybridized carbons (Fsp3) is 0.750. The molecule has 0 aromatic rings. The first-order valence-corrected chi connectivity index (χ1v) is 4.61. The van der Waals surface area contributed by atoms with Crippen LogP contribution in [0.15, 0.2) is 0 Å². The van der Waals surface area contributed by atoms with Gasteiger partial charge in [0.05, 0.1) is 12.0 Å². The van der Waals surface area contributed by atoms with Gasteiger partial charge in [0.25, 0.3) is 9.70 Å². The number of amides is 1. The summed E-state index contributed by atoms with van der Waals surface area (Å²) in [6.07, 6.45) is 0. The molecule has 0 aliphatic heterocycles. The molecule has 11 heavy (non-hydrogen) atoms. The van der Waals surface area contributed by atoms with Gasteiger partial charge in [-0.05, 0) is 0 Å². The molecule has 0 heterocycles. The van der Waals surface area contributed by atoms with Crippen LogP contribution in [0.3, 0.4) is 0 Å². The minimum atomic E-state index is -1.98. The van der Waals surface area contributed by atoms with Crippen molar-refractivity contribution in [1.82, 2.24) is 4.90 Å². The van der Waals surface area contributed by atoms with Crippen molar-refractivity contribution in [1.29, 1.82) is 0 Å². The Balaban J connectivity index is 4.22. The van der Waals surface area contributed by atoms with E-state index in [2.05, 4.69) is 0 Å². The molecule has 0 saturated carbocycles. The Labute approximate surface area is 89.3 Å². The van der Waals surface area contributed by atoms with Crippen LogP contribution in [0, 0.1) is 0 Å². The van der Waals surface area contributed by atoms with Crippen molar-refractivity contribution in [3.63, 3.8) is 0 Å². The average Bonchev–Trinajstić information content (AvgIpc) is 1.88. The topological polar surface area (TPSA) is 20.3 Å². The molecule has 66 valence electrons. The highest BCUT2D eigenvalue weighted by atomic mass is 35.6. The number of rotatable bonds is 2. The maximum atomic E-state index is 11.0. The van der Waals surface area contributed by atoms with Crippen LogP contribution in [0.5, 0.6) is 0 Å². The molecule has 0 spiro atoms. The van der Waals surface area contributed by atoms with E-state index in [0.717, 1.165) is 4.90 Å². The third-order valence-electron chi connectivity index (χ3n) is 0.818. The lowest BCUT2D eigenvalue weighted by atomic mass is 10.6. The van der Waals surface area contributed by atoms with Crippen molar-refractivity contribution >= 4 is 63.9 Å². The summed E-state index contributed by atoms with van der Waals surface area (Å²) < 4.78 is -1.98. The number of halogens is 5. The maximum absolute atomic E-state index is 11.0. The van der Waals surface area contributed by atoms with Gasteiger partial charge in [-0.25, -0.2) is 0 Å². The van der Waals surface area contributed by atoms with E-state index in [1.54, 1.807) is 0 Å². The molecule has 0 aliphatic rings. The normalized spacial score (nSPS) is 11.4. The molecule has 0 aliphatic carbocycles. The molecule has 0 atom stereocenters. The first-order chi connectivity index (χ1) is 4.93. The number of carbonyl (C=O) groups is 1. The summed E-state index contributed by atoms with van der Waals surface area (Å²) in [6, 6.07) is -0.202. The van der Waals surface area contributed by atoms with Crippen LogP contribution in [0.2, 0.25) is 0 Å². The zero-order valence-corrected chi connectivity index (χ0v) is 8.94. The molecule has 0 fully saturated rings. The van der Waals surface area contributed by atoms with E-state index in [1.807, 2.05) is 0 Å². The van der Waals surface area contributed by atoms with Gasteiger partial charge in [-0.15, -0.1) is 23.2 Å². The highest BCUT2D eigenvalue weighted by molar-refractivity contribution is 6.76. The third-order valence-corrected chi connectivity index (χ3v) is 1.88. The number of carbonyl (C=O) groups excluding carboxylic acids is 1. The molecule has 0 unspecified atom stereocenters. The molecule has 0 N–H and O–H groups in total. The summed E-state index contributed by atoms with van der Waals surface area (Å²) in [6.45, 7) is 0. The second-order valence-electron chi connectivity index (χ2n) is 1.58. The van der Waals surface area contributed by atoms with Crippen molar-refractivity contribution in [3.8, 4) is 0 Å². The molecule has 0 aromatic carbocycles.